The van der Waals surface area contributed by atoms with E-state index in [0.29, 0.717) is 12.3 Å². The maximum atomic E-state index is 10.5. The first kappa shape index (κ1) is 13.9. The highest BCUT2D eigenvalue weighted by atomic mass is 32.2. The minimum atomic E-state index is -3.80. The summed E-state index contributed by atoms with van der Waals surface area (Å²) in [6, 6.07) is 0. The van der Waals surface area contributed by atoms with Crippen LogP contribution in [0.1, 0.15) is 25.7 Å². The van der Waals surface area contributed by atoms with E-state index in [9.17, 15) is 8.42 Å². The van der Waals surface area contributed by atoms with Crippen molar-refractivity contribution >= 4 is 10.1 Å². The second-order valence-corrected chi connectivity index (χ2v) is 6.01. The molecule has 0 radical (unpaired) electrons. The third-order valence-electron chi connectivity index (χ3n) is 3.12. The Morgan fingerprint density at radius 2 is 1.88 bits per heavy atom. The van der Waals surface area contributed by atoms with Crippen LogP contribution in [0.5, 0.6) is 0 Å². The van der Waals surface area contributed by atoms with Crippen LogP contribution in [-0.2, 0) is 10.1 Å². The van der Waals surface area contributed by atoms with Gasteiger partial charge in [0.1, 0.15) is 0 Å². The monoisotopic (exact) mass is 251 g/mol. The summed E-state index contributed by atoms with van der Waals surface area (Å²) >= 11 is 0. The van der Waals surface area contributed by atoms with Gasteiger partial charge in [-0.25, -0.2) is 0 Å². The molecule has 96 valence electrons. The summed E-state index contributed by atoms with van der Waals surface area (Å²) < 4.78 is 29.6. The zero-order chi connectivity index (χ0) is 12.0. The van der Waals surface area contributed by atoms with Gasteiger partial charge in [0.25, 0.3) is 10.1 Å². The van der Waals surface area contributed by atoms with Crippen molar-refractivity contribution in [3.05, 3.63) is 0 Å². The summed E-state index contributed by atoms with van der Waals surface area (Å²) in [5, 5.41) is 8.81. The van der Waals surface area contributed by atoms with Crippen LogP contribution in [0, 0.1) is 5.92 Å². The molecule has 1 saturated heterocycles. The van der Waals surface area contributed by atoms with E-state index < -0.39 is 10.1 Å². The molecule has 2 N–H and O–H groups in total. The van der Waals surface area contributed by atoms with E-state index in [-0.39, 0.29) is 12.4 Å². The van der Waals surface area contributed by atoms with E-state index in [4.69, 9.17) is 9.66 Å². The highest BCUT2D eigenvalue weighted by molar-refractivity contribution is 7.85. The van der Waals surface area contributed by atoms with Crippen molar-refractivity contribution in [1.29, 1.82) is 0 Å². The predicted octanol–water partition coefficient (Wildman–Crippen LogP) is 0.359. The Hall–Kier alpha value is -0.170. The number of likely N-dealkylation sites (tertiary alicyclic amines) is 1. The second kappa shape index (κ2) is 6.54. The average molecular weight is 251 g/mol. The zero-order valence-corrected chi connectivity index (χ0v) is 10.3. The minimum absolute atomic E-state index is 0.149. The molecule has 16 heavy (non-hydrogen) atoms. The van der Waals surface area contributed by atoms with Gasteiger partial charge in [-0.1, -0.05) is 0 Å². The number of aliphatic hydroxyl groups excluding tert-OH is 1. The molecule has 0 aromatic rings. The first-order chi connectivity index (χ1) is 7.51. The molecule has 0 amide bonds. The van der Waals surface area contributed by atoms with E-state index >= 15 is 0 Å². The van der Waals surface area contributed by atoms with Gasteiger partial charge >= 0.3 is 0 Å². The van der Waals surface area contributed by atoms with Gasteiger partial charge in [0.05, 0.1) is 5.75 Å². The largest absolute Gasteiger partial charge is 0.396 e. The number of rotatable bonds is 6. The standard InChI is InChI=1S/C10H21NO4S/c12-8-4-10-2-6-11(7-3-10)5-1-9-16(13,14)15/h10,12H,1-9H2,(H,13,14,15). The number of nitrogens with zero attached hydrogens (tertiary/aromatic N) is 1. The number of piperidine rings is 1. The third-order valence-corrected chi connectivity index (χ3v) is 3.93. The molecule has 1 rings (SSSR count). The van der Waals surface area contributed by atoms with Gasteiger partial charge in [-0.3, -0.25) is 4.55 Å². The number of hydrogen-bond acceptors (Lipinski definition) is 4. The lowest BCUT2D eigenvalue weighted by Crippen LogP contribution is -2.35. The summed E-state index contributed by atoms with van der Waals surface area (Å²) in [6.45, 7) is 2.92. The Balaban J connectivity index is 2.13. The maximum Gasteiger partial charge on any atom is 0.264 e. The maximum absolute atomic E-state index is 10.5. The normalized spacial score (nSPS) is 20.1. The lowest BCUT2D eigenvalue weighted by Gasteiger charge is -2.31. The summed E-state index contributed by atoms with van der Waals surface area (Å²) in [5.74, 6) is 0.464. The highest BCUT2D eigenvalue weighted by Crippen LogP contribution is 2.19. The molecule has 0 spiro atoms. The molecule has 0 aliphatic carbocycles. The van der Waals surface area contributed by atoms with Crippen LogP contribution >= 0.6 is 0 Å². The molecule has 0 bridgehead atoms. The van der Waals surface area contributed by atoms with Crippen molar-refractivity contribution in [3.8, 4) is 0 Å². The summed E-state index contributed by atoms with van der Waals surface area (Å²) in [4.78, 5) is 2.22. The smallest absolute Gasteiger partial charge is 0.264 e. The minimum Gasteiger partial charge on any atom is -0.396 e. The van der Waals surface area contributed by atoms with Crippen molar-refractivity contribution in [2.75, 3.05) is 32.0 Å². The molecule has 1 aliphatic heterocycles. The molecular formula is C10H21NO4S. The average Bonchev–Trinajstić information content (AvgIpc) is 2.19. The molecule has 0 aromatic carbocycles. The van der Waals surface area contributed by atoms with Gasteiger partial charge in [0.2, 0.25) is 0 Å². The third kappa shape index (κ3) is 5.79. The molecule has 1 aliphatic rings. The fraction of sp³-hybridized carbons (Fsp3) is 1.00. The Labute approximate surface area is 97.2 Å². The molecule has 0 atom stereocenters. The summed E-state index contributed by atoms with van der Waals surface area (Å²) in [5.41, 5.74) is 0. The van der Waals surface area contributed by atoms with Gasteiger partial charge < -0.3 is 10.0 Å². The summed E-state index contributed by atoms with van der Waals surface area (Å²) in [7, 11) is -3.80. The first-order valence-corrected chi connectivity index (χ1v) is 7.40. The van der Waals surface area contributed by atoms with Gasteiger partial charge in [-0.2, -0.15) is 8.42 Å². The van der Waals surface area contributed by atoms with Crippen LogP contribution in [0.25, 0.3) is 0 Å². The number of hydrogen-bond donors (Lipinski definition) is 2. The zero-order valence-electron chi connectivity index (χ0n) is 9.51. The van der Waals surface area contributed by atoms with Crippen LogP contribution in [0.3, 0.4) is 0 Å². The second-order valence-electron chi connectivity index (χ2n) is 4.44. The van der Waals surface area contributed by atoms with Gasteiger partial charge in [0, 0.05) is 6.61 Å². The van der Waals surface area contributed by atoms with E-state index in [2.05, 4.69) is 4.90 Å². The first-order valence-electron chi connectivity index (χ1n) is 5.79. The van der Waals surface area contributed by atoms with Crippen molar-refractivity contribution in [2.45, 2.75) is 25.7 Å². The van der Waals surface area contributed by atoms with Gasteiger partial charge in [0.15, 0.2) is 0 Å². The van der Waals surface area contributed by atoms with E-state index in [0.717, 1.165) is 38.9 Å². The predicted molar refractivity (Wildman–Crippen MR) is 61.9 cm³/mol. The SMILES string of the molecule is O=S(=O)(O)CCCN1CCC(CCO)CC1. The Bertz CT molecular complexity index is 283. The Kier molecular flexibility index (Phi) is 5.68. The molecule has 0 unspecified atom stereocenters. The summed E-state index contributed by atoms with van der Waals surface area (Å²) in [6.07, 6.45) is 3.52. The Morgan fingerprint density at radius 3 is 2.38 bits per heavy atom. The van der Waals surface area contributed by atoms with Crippen molar-refractivity contribution in [3.63, 3.8) is 0 Å². The lowest BCUT2D eigenvalue weighted by atomic mass is 9.94. The van der Waals surface area contributed by atoms with Crippen molar-refractivity contribution in [2.24, 2.45) is 5.92 Å². The van der Waals surface area contributed by atoms with Crippen LogP contribution in [0.4, 0.5) is 0 Å². The van der Waals surface area contributed by atoms with Crippen LogP contribution < -0.4 is 0 Å². The van der Waals surface area contributed by atoms with E-state index in [1.165, 1.54) is 0 Å². The fourth-order valence-corrected chi connectivity index (χ4v) is 2.65. The van der Waals surface area contributed by atoms with Crippen LogP contribution in [-0.4, -0.2) is 55.0 Å². The molecule has 1 heterocycles. The number of aliphatic hydroxyl groups is 1. The van der Waals surface area contributed by atoms with Crippen molar-refractivity contribution < 1.29 is 18.1 Å². The van der Waals surface area contributed by atoms with E-state index in [1.54, 1.807) is 0 Å². The molecule has 1 fully saturated rings. The molecule has 0 saturated carbocycles. The van der Waals surface area contributed by atoms with Crippen LogP contribution in [0.2, 0.25) is 0 Å². The quantitative estimate of drug-likeness (QED) is 0.666. The van der Waals surface area contributed by atoms with Crippen molar-refractivity contribution in [1.82, 2.24) is 4.90 Å². The van der Waals surface area contributed by atoms with Gasteiger partial charge in [-0.05, 0) is 51.2 Å². The topological polar surface area (TPSA) is 77.8 Å². The van der Waals surface area contributed by atoms with Gasteiger partial charge in [-0.15, -0.1) is 0 Å². The lowest BCUT2D eigenvalue weighted by molar-refractivity contribution is 0.159. The molecular weight excluding hydrogens is 230 g/mol. The molecule has 5 nitrogen and oxygen atoms in total. The molecule has 0 aromatic heterocycles. The fourth-order valence-electron chi connectivity index (χ4n) is 2.15. The van der Waals surface area contributed by atoms with Crippen LogP contribution in [0.15, 0.2) is 0 Å². The Morgan fingerprint density at radius 1 is 1.25 bits per heavy atom. The molecule has 6 heteroatoms. The highest BCUT2D eigenvalue weighted by Gasteiger charge is 2.18. The van der Waals surface area contributed by atoms with E-state index in [1.807, 2.05) is 0 Å².